The summed E-state index contributed by atoms with van der Waals surface area (Å²) in [5.41, 5.74) is 6.96. The highest BCUT2D eigenvalue weighted by Crippen LogP contribution is 2.22. The number of carbonyl (C=O) groups is 1. The van der Waals surface area contributed by atoms with Crippen molar-refractivity contribution in [3.05, 3.63) is 34.3 Å². The molecule has 1 aromatic carbocycles. The second-order valence-corrected chi connectivity index (χ2v) is 6.30. The van der Waals surface area contributed by atoms with Crippen LogP contribution in [0.4, 0.5) is 0 Å². The number of benzene rings is 1. The van der Waals surface area contributed by atoms with Crippen LogP contribution in [-0.2, 0) is 11.2 Å². The molecule has 20 heavy (non-hydrogen) atoms. The van der Waals surface area contributed by atoms with E-state index in [4.69, 9.17) is 5.73 Å². The first-order chi connectivity index (χ1) is 9.06. The standard InChI is InChI=1S/C15H21BrN2O.ClH/c1-18(14-7-5-13(17)6-8-14)15(19)10-11-3-2-4-12(16)9-11;/h2-4,9,13-14H,5-8,10,17H2,1H3;1H. The fraction of sp³-hybridized carbons (Fsp3) is 0.533. The Balaban J connectivity index is 0.00000200. The van der Waals surface area contributed by atoms with Crippen molar-refractivity contribution in [2.75, 3.05) is 7.05 Å². The van der Waals surface area contributed by atoms with Crippen LogP contribution in [-0.4, -0.2) is 29.9 Å². The van der Waals surface area contributed by atoms with Crippen LogP contribution in [0.3, 0.4) is 0 Å². The van der Waals surface area contributed by atoms with Gasteiger partial charge >= 0.3 is 0 Å². The molecule has 0 aromatic heterocycles. The zero-order chi connectivity index (χ0) is 13.8. The third-order valence-corrected chi connectivity index (χ3v) is 4.42. The molecule has 0 aliphatic heterocycles. The van der Waals surface area contributed by atoms with E-state index in [0.717, 1.165) is 35.7 Å². The minimum absolute atomic E-state index is 0. The molecule has 0 atom stereocenters. The van der Waals surface area contributed by atoms with E-state index in [9.17, 15) is 4.79 Å². The molecule has 2 N–H and O–H groups in total. The topological polar surface area (TPSA) is 46.3 Å². The second-order valence-electron chi connectivity index (χ2n) is 5.38. The largest absolute Gasteiger partial charge is 0.342 e. The minimum Gasteiger partial charge on any atom is -0.342 e. The molecule has 1 aliphatic carbocycles. The molecule has 0 spiro atoms. The lowest BCUT2D eigenvalue weighted by Crippen LogP contribution is -2.42. The molecular formula is C15H22BrClN2O. The summed E-state index contributed by atoms with van der Waals surface area (Å²) in [6, 6.07) is 8.62. The van der Waals surface area contributed by atoms with E-state index >= 15 is 0 Å². The Bertz CT molecular complexity index is 447. The van der Waals surface area contributed by atoms with Crippen molar-refractivity contribution >= 4 is 34.2 Å². The van der Waals surface area contributed by atoms with Gasteiger partial charge in [0, 0.05) is 23.6 Å². The zero-order valence-electron chi connectivity index (χ0n) is 11.7. The summed E-state index contributed by atoms with van der Waals surface area (Å²) in [4.78, 5) is 14.2. The van der Waals surface area contributed by atoms with Crippen LogP contribution < -0.4 is 5.73 Å². The highest BCUT2D eigenvalue weighted by atomic mass is 79.9. The monoisotopic (exact) mass is 360 g/mol. The summed E-state index contributed by atoms with van der Waals surface area (Å²) < 4.78 is 1.02. The summed E-state index contributed by atoms with van der Waals surface area (Å²) in [5, 5.41) is 0. The average Bonchev–Trinajstić information content (AvgIpc) is 2.39. The lowest BCUT2D eigenvalue weighted by molar-refractivity contribution is -0.131. The fourth-order valence-corrected chi connectivity index (χ4v) is 3.09. The Hall–Kier alpha value is -0.580. The molecule has 0 radical (unpaired) electrons. The molecule has 112 valence electrons. The lowest BCUT2D eigenvalue weighted by Gasteiger charge is -2.33. The lowest BCUT2D eigenvalue weighted by atomic mass is 9.91. The van der Waals surface area contributed by atoms with Gasteiger partial charge in [-0.25, -0.2) is 0 Å². The first kappa shape index (κ1) is 17.5. The molecule has 1 fully saturated rings. The van der Waals surface area contributed by atoms with E-state index in [2.05, 4.69) is 15.9 Å². The second kappa shape index (κ2) is 8.01. The number of nitrogens with zero attached hydrogens (tertiary/aromatic N) is 1. The van der Waals surface area contributed by atoms with Crippen molar-refractivity contribution in [3.63, 3.8) is 0 Å². The molecule has 1 aliphatic rings. The third-order valence-electron chi connectivity index (χ3n) is 3.93. The van der Waals surface area contributed by atoms with E-state index < -0.39 is 0 Å². The van der Waals surface area contributed by atoms with Gasteiger partial charge in [0.2, 0.25) is 5.91 Å². The summed E-state index contributed by atoms with van der Waals surface area (Å²) in [6.07, 6.45) is 4.58. The Morgan fingerprint density at radius 3 is 2.60 bits per heavy atom. The number of hydrogen-bond donors (Lipinski definition) is 1. The van der Waals surface area contributed by atoms with E-state index in [1.807, 2.05) is 36.2 Å². The SMILES string of the molecule is CN(C(=O)Cc1cccc(Br)c1)C1CCC(N)CC1.Cl. The van der Waals surface area contributed by atoms with Gasteiger partial charge in [-0.1, -0.05) is 28.1 Å². The van der Waals surface area contributed by atoms with Gasteiger partial charge in [-0.3, -0.25) is 4.79 Å². The molecule has 3 nitrogen and oxygen atoms in total. The van der Waals surface area contributed by atoms with Crippen LogP contribution in [0, 0.1) is 0 Å². The van der Waals surface area contributed by atoms with Gasteiger partial charge in [-0.2, -0.15) is 0 Å². The van der Waals surface area contributed by atoms with Crippen molar-refractivity contribution in [2.24, 2.45) is 5.73 Å². The maximum atomic E-state index is 12.3. The van der Waals surface area contributed by atoms with Gasteiger partial charge in [0.1, 0.15) is 0 Å². The smallest absolute Gasteiger partial charge is 0.226 e. The van der Waals surface area contributed by atoms with E-state index in [1.54, 1.807) is 0 Å². The number of hydrogen-bond acceptors (Lipinski definition) is 2. The molecule has 1 aromatic rings. The Kier molecular flexibility index (Phi) is 7.00. The Labute approximate surface area is 135 Å². The van der Waals surface area contributed by atoms with Gasteiger partial charge in [0.05, 0.1) is 6.42 Å². The van der Waals surface area contributed by atoms with Crippen molar-refractivity contribution in [2.45, 2.75) is 44.2 Å². The van der Waals surface area contributed by atoms with Crippen LogP contribution in [0.25, 0.3) is 0 Å². The van der Waals surface area contributed by atoms with Crippen LogP contribution >= 0.6 is 28.3 Å². The van der Waals surface area contributed by atoms with Gasteiger partial charge < -0.3 is 10.6 Å². The molecule has 0 heterocycles. The first-order valence-corrected chi connectivity index (χ1v) is 7.61. The fourth-order valence-electron chi connectivity index (χ4n) is 2.64. The normalized spacial score (nSPS) is 21.9. The number of halogens is 2. The molecule has 0 bridgehead atoms. The maximum Gasteiger partial charge on any atom is 0.226 e. The highest BCUT2D eigenvalue weighted by molar-refractivity contribution is 9.10. The quantitative estimate of drug-likeness (QED) is 0.899. The molecule has 1 amide bonds. The molecule has 5 heteroatoms. The van der Waals surface area contributed by atoms with Crippen molar-refractivity contribution in [3.8, 4) is 0 Å². The number of nitrogens with two attached hydrogens (primary N) is 1. The molecular weight excluding hydrogens is 340 g/mol. The Morgan fingerprint density at radius 2 is 2.00 bits per heavy atom. The molecule has 1 saturated carbocycles. The molecule has 0 unspecified atom stereocenters. The molecule has 2 rings (SSSR count). The third kappa shape index (κ3) is 4.76. The number of amides is 1. The highest BCUT2D eigenvalue weighted by Gasteiger charge is 2.24. The summed E-state index contributed by atoms with van der Waals surface area (Å²) >= 11 is 3.43. The number of carbonyl (C=O) groups excluding carboxylic acids is 1. The Morgan fingerprint density at radius 1 is 1.35 bits per heavy atom. The van der Waals surface area contributed by atoms with E-state index in [0.29, 0.717) is 18.5 Å². The summed E-state index contributed by atoms with van der Waals surface area (Å²) in [5.74, 6) is 0.193. The van der Waals surface area contributed by atoms with Crippen molar-refractivity contribution < 1.29 is 4.79 Å². The minimum atomic E-state index is 0. The average molecular weight is 362 g/mol. The van der Waals surface area contributed by atoms with Crippen molar-refractivity contribution in [1.82, 2.24) is 4.90 Å². The van der Waals surface area contributed by atoms with Gasteiger partial charge in [0.25, 0.3) is 0 Å². The van der Waals surface area contributed by atoms with Crippen LogP contribution in [0.5, 0.6) is 0 Å². The predicted molar refractivity (Wildman–Crippen MR) is 88.1 cm³/mol. The van der Waals surface area contributed by atoms with E-state index in [1.165, 1.54) is 0 Å². The number of rotatable bonds is 3. The molecule has 0 saturated heterocycles. The van der Waals surface area contributed by atoms with Crippen molar-refractivity contribution in [1.29, 1.82) is 0 Å². The van der Waals surface area contributed by atoms with Crippen LogP contribution in [0.2, 0.25) is 0 Å². The van der Waals surface area contributed by atoms with E-state index in [-0.39, 0.29) is 18.3 Å². The first-order valence-electron chi connectivity index (χ1n) is 6.82. The van der Waals surface area contributed by atoms with Crippen LogP contribution in [0.1, 0.15) is 31.2 Å². The zero-order valence-corrected chi connectivity index (χ0v) is 14.1. The number of likely N-dealkylation sites (N-methyl/N-ethyl adjacent to an activating group) is 1. The van der Waals surface area contributed by atoms with Gasteiger partial charge in [-0.05, 0) is 43.4 Å². The van der Waals surface area contributed by atoms with Crippen LogP contribution in [0.15, 0.2) is 28.7 Å². The maximum absolute atomic E-state index is 12.3. The predicted octanol–water partition coefficient (Wildman–Crippen LogP) is 3.14. The summed E-state index contributed by atoms with van der Waals surface area (Å²) in [7, 11) is 1.92. The summed E-state index contributed by atoms with van der Waals surface area (Å²) in [6.45, 7) is 0. The van der Waals surface area contributed by atoms with Gasteiger partial charge in [0.15, 0.2) is 0 Å². The van der Waals surface area contributed by atoms with Gasteiger partial charge in [-0.15, -0.1) is 12.4 Å².